The molecule has 0 aliphatic heterocycles. The molecule has 1 aliphatic rings. The third-order valence-electron chi connectivity index (χ3n) is 3.81. The van der Waals surface area contributed by atoms with Crippen molar-refractivity contribution in [2.45, 2.75) is 45.2 Å². The Labute approximate surface area is 111 Å². The summed E-state index contributed by atoms with van der Waals surface area (Å²) in [7, 11) is 1.78. The van der Waals surface area contributed by atoms with Crippen molar-refractivity contribution in [3.05, 3.63) is 35.4 Å². The van der Waals surface area contributed by atoms with Crippen molar-refractivity contribution in [2.75, 3.05) is 13.7 Å². The molecule has 0 saturated heterocycles. The largest absolute Gasteiger partial charge is 0.383 e. The molecule has 2 nitrogen and oxygen atoms in total. The first-order valence-electron chi connectivity index (χ1n) is 7.06. The Bertz CT molecular complexity index is 356. The molecule has 0 amide bonds. The molecule has 1 aliphatic carbocycles. The Balaban J connectivity index is 2.05. The molecule has 0 radical (unpaired) electrons. The Hall–Kier alpha value is -0.860. The summed E-state index contributed by atoms with van der Waals surface area (Å²) < 4.78 is 5.29. The minimum Gasteiger partial charge on any atom is -0.383 e. The summed E-state index contributed by atoms with van der Waals surface area (Å²) >= 11 is 0. The lowest BCUT2D eigenvalue weighted by Crippen LogP contribution is -2.36. The van der Waals surface area contributed by atoms with Crippen LogP contribution in [0.1, 0.15) is 43.4 Å². The monoisotopic (exact) mass is 247 g/mol. The van der Waals surface area contributed by atoms with E-state index in [1.165, 1.54) is 24.0 Å². The predicted molar refractivity (Wildman–Crippen MR) is 75.7 cm³/mol. The van der Waals surface area contributed by atoms with E-state index < -0.39 is 0 Å². The van der Waals surface area contributed by atoms with Crippen LogP contribution in [-0.4, -0.2) is 19.8 Å². The Kier molecular flexibility index (Phi) is 4.79. The van der Waals surface area contributed by atoms with Gasteiger partial charge in [-0.3, -0.25) is 0 Å². The van der Waals surface area contributed by atoms with E-state index in [-0.39, 0.29) is 0 Å². The zero-order valence-electron chi connectivity index (χ0n) is 11.8. The molecule has 2 heteroatoms. The molecule has 1 aromatic carbocycles. The minimum absolute atomic E-state index is 0.460. The van der Waals surface area contributed by atoms with Crippen LogP contribution in [0, 0.1) is 12.8 Å². The summed E-state index contributed by atoms with van der Waals surface area (Å²) in [6.07, 6.45) is 3.83. The highest BCUT2D eigenvalue weighted by atomic mass is 16.5. The maximum Gasteiger partial charge on any atom is 0.0615 e. The van der Waals surface area contributed by atoms with E-state index in [4.69, 9.17) is 4.74 Å². The SMILES string of the molecule is CCC(COC)NC(c1ccc(C)cc1)C1CC1. The molecule has 2 atom stereocenters. The summed E-state index contributed by atoms with van der Waals surface area (Å²) in [5.74, 6) is 0.818. The summed E-state index contributed by atoms with van der Waals surface area (Å²) in [5.41, 5.74) is 2.76. The zero-order valence-corrected chi connectivity index (χ0v) is 11.8. The lowest BCUT2D eigenvalue weighted by atomic mass is 9.99. The molecule has 0 spiro atoms. The highest BCUT2D eigenvalue weighted by molar-refractivity contribution is 5.25. The second-order valence-corrected chi connectivity index (χ2v) is 5.45. The van der Waals surface area contributed by atoms with E-state index in [1.807, 2.05) is 0 Å². The summed E-state index contributed by atoms with van der Waals surface area (Å²) in [4.78, 5) is 0. The second kappa shape index (κ2) is 6.35. The molecule has 0 bridgehead atoms. The topological polar surface area (TPSA) is 21.3 Å². The average molecular weight is 247 g/mol. The van der Waals surface area contributed by atoms with Crippen LogP contribution in [-0.2, 0) is 4.74 Å². The van der Waals surface area contributed by atoms with Crippen LogP contribution in [0.4, 0.5) is 0 Å². The summed E-state index contributed by atoms with van der Waals surface area (Å²) in [5, 5.41) is 3.78. The van der Waals surface area contributed by atoms with Gasteiger partial charge in [-0.05, 0) is 37.7 Å². The fourth-order valence-electron chi connectivity index (χ4n) is 2.45. The quantitative estimate of drug-likeness (QED) is 0.796. The van der Waals surface area contributed by atoms with Gasteiger partial charge in [-0.2, -0.15) is 0 Å². The second-order valence-electron chi connectivity index (χ2n) is 5.45. The van der Waals surface area contributed by atoms with Crippen molar-refractivity contribution < 1.29 is 4.74 Å². The van der Waals surface area contributed by atoms with Crippen molar-refractivity contribution in [3.63, 3.8) is 0 Å². The minimum atomic E-state index is 0.460. The van der Waals surface area contributed by atoms with Gasteiger partial charge >= 0.3 is 0 Å². The van der Waals surface area contributed by atoms with E-state index in [0.29, 0.717) is 12.1 Å². The van der Waals surface area contributed by atoms with Gasteiger partial charge in [0.15, 0.2) is 0 Å². The van der Waals surface area contributed by atoms with Gasteiger partial charge in [0.05, 0.1) is 6.61 Å². The van der Waals surface area contributed by atoms with Crippen LogP contribution < -0.4 is 5.32 Å². The van der Waals surface area contributed by atoms with Crippen molar-refractivity contribution in [3.8, 4) is 0 Å². The van der Waals surface area contributed by atoms with Crippen molar-refractivity contribution in [1.29, 1.82) is 0 Å². The molecule has 2 rings (SSSR count). The molecular formula is C16H25NO. The predicted octanol–water partition coefficient (Wildman–Crippen LogP) is 3.46. The number of ether oxygens (including phenoxy) is 1. The normalized spacial score (nSPS) is 18.6. The van der Waals surface area contributed by atoms with Crippen molar-refractivity contribution in [1.82, 2.24) is 5.32 Å². The Morgan fingerprint density at radius 2 is 1.94 bits per heavy atom. The third-order valence-corrected chi connectivity index (χ3v) is 3.81. The third kappa shape index (κ3) is 3.56. The fraction of sp³-hybridized carbons (Fsp3) is 0.625. The van der Waals surface area contributed by atoms with E-state index in [2.05, 4.69) is 43.4 Å². The molecule has 1 N–H and O–H groups in total. The number of methoxy groups -OCH3 is 1. The van der Waals surface area contributed by atoms with Gasteiger partial charge in [-0.25, -0.2) is 0 Å². The van der Waals surface area contributed by atoms with Crippen LogP contribution in [0.3, 0.4) is 0 Å². The van der Waals surface area contributed by atoms with E-state index in [9.17, 15) is 0 Å². The van der Waals surface area contributed by atoms with Crippen LogP contribution in [0.5, 0.6) is 0 Å². The van der Waals surface area contributed by atoms with Gasteiger partial charge in [-0.1, -0.05) is 36.8 Å². The van der Waals surface area contributed by atoms with Gasteiger partial charge in [0.2, 0.25) is 0 Å². The standard InChI is InChI=1S/C16H25NO/c1-4-15(11-18-3)17-16(14-9-10-14)13-7-5-12(2)6-8-13/h5-8,14-17H,4,9-11H2,1-3H3. The maximum absolute atomic E-state index is 5.29. The molecule has 0 aromatic heterocycles. The Morgan fingerprint density at radius 1 is 1.28 bits per heavy atom. The molecule has 18 heavy (non-hydrogen) atoms. The van der Waals surface area contributed by atoms with Crippen LogP contribution in [0.2, 0.25) is 0 Å². The number of nitrogens with one attached hydrogen (secondary N) is 1. The smallest absolute Gasteiger partial charge is 0.0615 e. The lowest BCUT2D eigenvalue weighted by molar-refractivity contribution is 0.156. The van der Waals surface area contributed by atoms with Crippen molar-refractivity contribution in [2.24, 2.45) is 5.92 Å². The van der Waals surface area contributed by atoms with Crippen LogP contribution in [0.25, 0.3) is 0 Å². The summed E-state index contributed by atoms with van der Waals surface area (Å²) in [6, 6.07) is 9.93. The molecule has 2 unspecified atom stereocenters. The average Bonchev–Trinajstić information content (AvgIpc) is 3.20. The molecule has 1 aromatic rings. The van der Waals surface area contributed by atoms with Crippen LogP contribution >= 0.6 is 0 Å². The van der Waals surface area contributed by atoms with Gasteiger partial charge in [-0.15, -0.1) is 0 Å². The highest BCUT2D eigenvalue weighted by Gasteiger charge is 2.33. The first kappa shape index (κ1) is 13.6. The summed E-state index contributed by atoms with van der Waals surface area (Å²) in [6.45, 7) is 5.16. The maximum atomic E-state index is 5.29. The molecule has 0 heterocycles. The zero-order chi connectivity index (χ0) is 13.0. The number of aryl methyl sites for hydroxylation is 1. The Morgan fingerprint density at radius 3 is 2.44 bits per heavy atom. The first-order chi connectivity index (χ1) is 8.74. The van der Waals surface area contributed by atoms with Gasteiger partial charge in [0, 0.05) is 19.2 Å². The molecule has 1 saturated carbocycles. The molecule has 100 valence electrons. The fourth-order valence-corrected chi connectivity index (χ4v) is 2.45. The number of rotatable bonds is 7. The highest BCUT2D eigenvalue weighted by Crippen LogP contribution is 2.41. The van der Waals surface area contributed by atoms with Gasteiger partial charge in [0.25, 0.3) is 0 Å². The van der Waals surface area contributed by atoms with Crippen molar-refractivity contribution >= 4 is 0 Å². The van der Waals surface area contributed by atoms with Gasteiger partial charge < -0.3 is 10.1 Å². The van der Waals surface area contributed by atoms with Crippen LogP contribution in [0.15, 0.2) is 24.3 Å². The lowest BCUT2D eigenvalue weighted by Gasteiger charge is -2.25. The van der Waals surface area contributed by atoms with E-state index >= 15 is 0 Å². The van der Waals surface area contributed by atoms with E-state index in [1.54, 1.807) is 7.11 Å². The first-order valence-corrected chi connectivity index (χ1v) is 7.06. The molecule has 1 fully saturated rings. The van der Waals surface area contributed by atoms with E-state index in [0.717, 1.165) is 18.9 Å². The number of hydrogen-bond donors (Lipinski definition) is 1. The number of hydrogen-bond acceptors (Lipinski definition) is 2. The molecular weight excluding hydrogens is 222 g/mol. The number of benzene rings is 1. The van der Waals surface area contributed by atoms with Gasteiger partial charge in [0.1, 0.15) is 0 Å².